The monoisotopic (exact) mass is 374 g/mol. The molecule has 0 radical (unpaired) electrons. The number of primary amides is 1. The van der Waals surface area contributed by atoms with Gasteiger partial charge in [-0.3, -0.25) is 9.59 Å². The number of benzene rings is 2. The van der Waals surface area contributed by atoms with Crippen molar-refractivity contribution < 1.29 is 14.3 Å². The van der Waals surface area contributed by atoms with Gasteiger partial charge in [-0.05, 0) is 17.7 Å². The summed E-state index contributed by atoms with van der Waals surface area (Å²) in [5, 5.41) is 0. The van der Waals surface area contributed by atoms with Crippen LogP contribution in [0.3, 0.4) is 0 Å². The second-order valence-corrected chi connectivity index (χ2v) is 6.42. The van der Waals surface area contributed by atoms with Crippen molar-refractivity contribution in [2.24, 2.45) is 5.73 Å². The minimum absolute atomic E-state index is 0.172. The van der Waals surface area contributed by atoms with Crippen molar-refractivity contribution in [1.82, 2.24) is 14.9 Å². The van der Waals surface area contributed by atoms with Crippen molar-refractivity contribution in [2.75, 3.05) is 13.2 Å². The van der Waals surface area contributed by atoms with E-state index < -0.39 is 5.91 Å². The first-order valence-corrected chi connectivity index (χ1v) is 8.85. The van der Waals surface area contributed by atoms with E-state index in [1.807, 2.05) is 30.3 Å². The summed E-state index contributed by atoms with van der Waals surface area (Å²) < 4.78 is 5.72. The van der Waals surface area contributed by atoms with E-state index in [0.29, 0.717) is 42.2 Å². The van der Waals surface area contributed by atoms with Gasteiger partial charge in [0.1, 0.15) is 12.2 Å². The van der Waals surface area contributed by atoms with Gasteiger partial charge in [0, 0.05) is 23.9 Å². The van der Waals surface area contributed by atoms with E-state index in [1.165, 1.54) is 6.20 Å². The summed E-state index contributed by atoms with van der Waals surface area (Å²) in [5.41, 5.74) is 7.69. The molecule has 2 amide bonds. The summed E-state index contributed by atoms with van der Waals surface area (Å²) in [6.07, 6.45) is 1.47. The van der Waals surface area contributed by atoms with Gasteiger partial charge in [0.2, 0.25) is 11.8 Å². The number of carbonyl (C=O) groups excluding carboxylic acids is 2. The molecular formula is C21H18N4O3. The van der Waals surface area contributed by atoms with Crippen LogP contribution >= 0.6 is 0 Å². The highest BCUT2D eigenvalue weighted by atomic mass is 16.5. The number of aromatic nitrogens is 2. The molecule has 0 atom stereocenters. The highest BCUT2D eigenvalue weighted by Gasteiger charge is 2.26. The van der Waals surface area contributed by atoms with E-state index in [2.05, 4.69) is 9.97 Å². The lowest BCUT2D eigenvalue weighted by Gasteiger charge is -2.19. The Morgan fingerprint density at radius 3 is 2.75 bits per heavy atom. The van der Waals surface area contributed by atoms with E-state index in [0.717, 1.165) is 5.56 Å². The first-order valence-electron chi connectivity index (χ1n) is 8.85. The SMILES string of the molecule is NC(=O)c1cccc(-c2ncc3c(n2)OCCN(Cc2ccccc2)C3=O)c1. The smallest absolute Gasteiger partial charge is 0.261 e. The summed E-state index contributed by atoms with van der Waals surface area (Å²) in [7, 11) is 0. The molecule has 1 aromatic heterocycles. The molecule has 2 aromatic carbocycles. The van der Waals surface area contributed by atoms with Crippen LogP contribution in [0.5, 0.6) is 5.88 Å². The highest BCUT2D eigenvalue weighted by Crippen LogP contribution is 2.25. The van der Waals surface area contributed by atoms with Crippen molar-refractivity contribution in [1.29, 1.82) is 0 Å². The Morgan fingerprint density at radius 1 is 1.14 bits per heavy atom. The van der Waals surface area contributed by atoms with Crippen LogP contribution in [-0.4, -0.2) is 39.8 Å². The Labute approximate surface area is 161 Å². The number of ether oxygens (including phenoxy) is 1. The molecule has 1 aliphatic heterocycles. The van der Waals surface area contributed by atoms with Crippen molar-refractivity contribution in [2.45, 2.75) is 6.54 Å². The highest BCUT2D eigenvalue weighted by molar-refractivity contribution is 5.97. The number of rotatable bonds is 4. The zero-order chi connectivity index (χ0) is 19.5. The Morgan fingerprint density at radius 2 is 1.96 bits per heavy atom. The van der Waals surface area contributed by atoms with Crippen molar-refractivity contribution in [3.63, 3.8) is 0 Å². The predicted molar refractivity (Wildman–Crippen MR) is 103 cm³/mol. The van der Waals surface area contributed by atoms with E-state index in [1.54, 1.807) is 29.2 Å². The molecular weight excluding hydrogens is 356 g/mol. The second kappa shape index (κ2) is 7.48. The number of amides is 2. The van der Waals surface area contributed by atoms with Crippen LogP contribution in [0, 0.1) is 0 Å². The maximum Gasteiger partial charge on any atom is 0.261 e. The molecule has 0 aliphatic carbocycles. The largest absolute Gasteiger partial charge is 0.475 e. The first kappa shape index (κ1) is 17.7. The maximum atomic E-state index is 12.9. The van der Waals surface area contributed by atoms with E-state index in [4.69, 9.17) is 10.5 Å². The van der Waals surface area contributed by atoms with Gasteiger partial charge in [-0.2, -0.15) is 4.98 Å². The molecule has 0 bridgehead atoms. The van der Waals surface area contributed by atoms with E-state index in [-0.39, 0.29) is 11.8 Å². The average Bonchev–Trinajstić information content (AvgIpc) is 2.87. The molecule has 2 N–H and O–H groups in total. The summed E-state index contributed by atoms with van der Waals surface area (Å²) in [4.78, 5) is 34.8. The van der Waals surface area contributed by atoms with Crippen molar-refractivity contribution >= 4 is 11.8 Å². The number of hydrogen-bond donors (Lipinski definition) is 1. The van der Waals surface area contributed by atoms with Gasteiger partial charge in [0.25, 0.3) is 5.91 Å². The van der Waals surface area contributed by atoms with Gasteiger partial charge in [-0.1, -0.05) is 42.5 Å². The lowest BCUT2D eigenvalue weighted by atomic mass is 10.1. The lowest BCUT2D eigenvalue weighted by Crippen LogP contribution is -2.31. The Kier molecular flexibility index (Phi) is 4.72. The quantitative estimate of drug-likeness (QED) is 0.755. The minimum Gasteiger partial charge on any atom is -0.475 e. The zero-order valence-corrected chi connectivity index (χ0v) is 15.0. The van der Waals surface area contributed by atoms with Crippen LogP contribution in [0.25, 0.3) is 11.4 Å². The summed E-state index contributed by atoms with van der Waals surface area (Å²) >= 11 is 0. The molecule has 28 heavy (non-hydrogen) atoms. The van der Waals surface area contributed by atoms with Gasteiger partial charge in [0.15, 0.2) is 5.82 Å². The van der Waals surface area contributed by atoms with Gasteiger partial charge >= 0.3 is 0 Å². The van der Waals surface area contributed by atoms with Gasteiger partial charge in [-0.25, -0.2) is 4.98 Å². The summed E-state index contributed by atoms with van der Waals surface area (Å²) in [6.45, 7) is 1.28. The lowest BCUT2D eigenvalue weighted by molar-refractivity contribution is 0.0742. The Bertz CT molecular complexity index is 1040. The molecule has 7 heteroatoms. The third-order valence-electron chi connectivity index (χ3n) is 4.49. The third-order valence-corrected chi connectivity index (χ3v) is 4.49. The third kappa shape index (κ3) is 3.55. The molecule has 2 heterocycles. The van der Waals surface area contributed by atoms with Crippen LogP contribution in [0.4, 0.5) is 0 Å². The average molecular weight is 374 g/mol. The molecule has 0 spiro atoms. The van der Waals surface area contributed by atoms with Crippen LogP contribution in [0.2, 0.25) is 0 Å². The normalized spacial score (nSPS) is 13.4. The number of carbonyl (C=O) groups is 2. The predicted octanol–water partition coefficient (Wildman–Crippen LogP) is 2.28. The van der Waals surface area contributed by atoms with Crippen LogP contribution < -0.4 is 10.5 Å². The Hall–Kier alpha value is -3.74. The Balaban J connectivity index is 1.63. The minimum atomic E-state index is -0.528. The molecule has 140 valence electrons. The zero-order valence-electron chi connectivity index (χ0n) is 15.0. The summed E-state index contributed by atoms with van der Waals surface area (Å²) in [5.74, 6) is -0.0884. The molecule has 4 rings (SSSR count). The molecule has 3 aromatic rings. The second-order valence-electron chi connectivity index (χ2n) is 6.42. The topological polar surface area (TPSA) is 98.4 Å². The molecule has 7 nitrogen and oxygen atoms in total. The molecule has 1 aliphatic rings. The van der Waals surface area contributed by atoms with Gasteiger partial charge in [0.05, 0.1) is 6.54 Å². The van der Waals surface area contributed by atoms with Crippen molar-refractivity contribution in [3.8, 4) is 17.3 Å². The number of fused-ring (bicyclic) bond motifs is 1. The van der Waals surface area contributed by atoms with Crippen molar-refractivity contribution in [3.05, 3.63) is 77.5 Å². The summed E-state index contributed by atoms with van der Waals surface area (Å²) in [6, 6.07) is 16.5. The number of hydrogen-bond acceptors (Lipinski definition) is 5. The van der Waals surface area contributed by atoms with Crippen LogP contribution in [0.15, 0.2) is 60.8 Å². The maximum absolute atomic E-state index is 12.9. The fourth-order valence-corrected chi connectivity index (χ4v) is 3.05. The number of nitrogens with two attached hydrogens (primary N) is 1. The number of nitrogens with zero attached hydrogens (tertiary/aromatic N) is 3. The molecule has 0 unspecified atom stereocenters. The first-order chi connectivity index (χ1) is 13.6. The molecule has 0 saturated heterocycles. The van der Waals surface area contributed by atoms with E-state index in [9.17, 15) is 9.59 Å². The molecule has 0 fully saturated rings. The standard InChI is InChI=1S/C21H18N4O3/c22-18(26)15-7-4-8-16(11-15)19-23-12-17-20(24-19)28-10-9-25(21(17)27)13-14-5-2-1-3-6-14/h1-8,11-12H,9-10,13H2,(H2,22,26). The molecule has 0 saturated carbocycles. The fourth-order valence-electron chi connectivity index (χ4n) is 3.05. The van der Waals surface area contributed by atoms with Crippen LogP contribution in [0.1, 0.15) is 26.3 Å². The van der Waals surface area contributed by atoms with Crippen LogP contribution in [-0.2, 0) is 6.54 Å². The van der Waals surface area contributed by atoms with Gasteiger partial charge in [-0.15, -0.1) is 0 Å². The fraction of sp³-hybridized carbons (Fsp3) is 0.143. The van der Waals surface area contributed by atoms with Gasteiger partial charge < -0.3 is 15.4 Å². The van der Waals surface area contributed by atoms with E-state index >= 15 is 0 Å².